The van der Waals surface area contributed by atoms with E-state index in [1.165, 1.54) is 24.5 Å². The largest absolute Gasteiger partial charge is 0.383 e. The van der Waals surface area contributed by atoms with Gasteiger partial charge in [-0.2, -0.15) is 0 Å². The second-order valence-electron chi connectivity index (χ2n) is 5.00. The van der Waals surface area contributed by atoms with E-state index in [2.05, 4.69) is 5.32 Å². The summed E-state index contributed by atoms with van der Waals surface area (Å²) >= 11 is 0. The summed E-state index contributed by atoms with van der Waals surface area (Å²) in [5.41, 5.74) is 1.33. The van der Waals surface area contributed by atoms with E-state index in [4.69, 9.17) is 0 Å². The van der Waals surface area contributed by atoms with Crippen molar-refractivity contribution in [2.24, 2.45) is 7.05 Å². The number of hydrogen-bond acceptors (Lipinski definition) is 4. The van der Waals surface area contributed by atoms with Crippen LogP contribution in [0.3, 0.4) is 0 Å². The average Bonchev–Trinajstić information content (AvgIpc) is 2.44. The summed E-state index contributed by atoms with van der Waals surface area (Å²) in [6.07, 6.45) is 0. The second-order valence-corrected chi connectivity index (χ2v) is 7.30. The Morgan fingerprint density at radius 3 is 2.57 bits per heavy atom. The maximum Gasteiger partial charge on any atom is 0.252 e. The number of aryl methyl sites for hydroxylation is 1. The third kappa shape index (κ3) is 3.25. The van der Waals surface area contributed by atoms with Gasteiger partial charge < -0.3 is 9.88 Å². The lowest BCUT2D eigenvalue weighted by Gasteiger charge is -2.14. The fourth-order valence-corrected chi connectivity index (χ4v) is 2.78. The van der Waals surface area contributed by atoms with Gasteiger partial charge in [0.1, 0.15) is 0 Å². The van der Waals surface area contributed by atoms with Crippen molar-refractivity contribution >= 4 is 26.6 Å². The molecule has 114 valence electrons. The fourth-order valence-electron chi connectivity index (χ4n) is 2.05. The molecule has 0 unspecified atom stereocenters. The van der Waals surface area contributed by atoms with E-state index >= 15 is 0 Å². The van der Waals surface area contributed by atoms with Crippen LogP contribution in [0.25, 0.3) is 10.9 Å². The van der Waals surface area contributed by atoms with E-state index < -0.39 is 10.0 Å². The van der Waals surface area contributed by atoms with Crippen molar-refractivity contribution in [3.05, 3.63) is 40.7 Å². The maximum absolute atomic E-state index is 11.9. The summed E-state index contributed by atoms with van der Waals surface area (Å²) in [4.78, 5) is 11.9. The van der Waals surface area contributed by atoms with Crippen molar-refractivity contribution in [2.75, 3.05) is 31.7 Å². The molecule has 0 radical (unpaired) electrons. The third-order valence-electron chi connectivity index (χ3n) is 3.39. The number of para-hydroxylation sites is 1. The Labute approximate surface area is 124 Å². The highest BCUT2D eigenvalue weighted by atomic mass is 32.2. The molecule has 0 fully saturated rings. The summed E-state index contributed by atoms with van der Waals surface area (Å²) < 4.78 is 26.2. The fraction of sp³-hybridized carbons (Fsp3) is 0.357. The van der Waals surface area contributed by atoms with Gasteiger partial charge in [0.15, 0.2) is 0 Å². The van der Waals surface area contributed by atoms with Gasteiger partial charge in [0.25, 0.3) is 5.56 Å². The first kappa shape index (κ1) is 15.5. The van der Waals surface area contributed by atoms with Crippen LogP contribution in [0.15, 0.2) is 35.1 Å². The van der Waals surface area contributed by atoms with E-state index in [9.17, 15) is 13.2 Å². The SMILES string of the molecule is CN(C)S(=O)(=O)CCNc1cc(=O)n(C)c2ccccc12. The molecule has 7 heteroatoms. The molecule has 0 aliphatic carbocycles. The van der Waals surface area contributed by atoms with Crippen LogP contribution >= 0.6 is 0 Å². The summed E-state index contributed by atoms with van der Waals surface area (Å²) in [5, 5.41) is 3.94. The lowest BCUT2D eigenvalue weighted by atomic mass is 10.2. The van der Waals surface area contributed by atoms with Crippen molar-refractivity contribution in [2.45, 2.75) is 0 Å². The zero-order valence-electron chi connectivity index (χ0n) is 12.3. The first-order chi connectivity index (χ1) is 9.83. The van der Waals surface area contributed by atoms with Gasteiger partial charge in [-0.1, -0.05) is 18.2 Å². The van der Waals surface area contributed by atoms with Crippen molar-refractivity contribution < 1.29 is 8.42 Å². The van der Waals surface area contributed by atoms with E-state index in [1.54, 1.807) is 11.6 Å². The predicted molar refractivity (Wildman–Crippen MR) is 85.2 cm³/mol. The quantitative estimate of drug-likeness (QED) is 0.888. The maximum atomic E-state index is 11.9. The Hall–Kier alpha value is -1.86. The number of pyridine rings is 1. The van der Waals surface area contributed by atoms with E-state index in [0.29, 0.717) is 5.69 Å². The van der Waals surface area contributed by atoms with Crippen LogP contribution in [-0.4, -0.2) is 43.7 Å². The minimum Gasteiger partial charge on any atom is -0.383 e. The Morgan fingerprint density at radius 2 is 1.90 bits per heavy atom. The molecule has 1 aromatic carbocycles. The second kappa shape index (κ2) is 5.87. The minimum atomic E-state index is -3.25. The summed E-state index contributed by atoms with van der Waals surface area (Å²) in [5.74, 6) is -0.0243. The van der Waals surface area contributed by atoms with Crippen LogP contribution in [0.2, 0.25) is 0 Å². The van der Waals surface area contributed by atoms with Crippen molar-refractivity contribution in [1.29, 1.82) is 0 Å². The number of nitrogens with zero attached hydrogens (tertiary/aromatic N) is 2. The molecule has 1 N–H and O–H groups in total. The smallest absolute Gasteiger partial charge is 0.252 e. The van der Waals surface area contributed by atoms with E-state index in [1.807, 2.05) is 24.3 Å². The molecule has 2 aromatic rings. The average molecular weight is 309 g/mol. The van der Waals surface area contributed by atoms with Gasteiger partial charge in [0.05, 0.1) is 11.3 Å². The number of hydrogen-bond donors (Lipinski definition) is 1. The normalized spacial score (nSPS) is 12.0. The number of benzene rings is 1. The molecule has 2 rings (SSSR count). The highest BCUT2D eigenvalue weighted by Gasteiger charge is 2.13. The van der Waals surface area contributed by atoms with Gasteiger partial charge in [-0.3, -0.25) is 4.79 Å². The number of aromatic nitrogens is 1. The first-order valence-electron chi connectivity index (χ1n) is 6.56. The van der Waals surface area contributed by atoms with Gasteiger partial charge >= 0.3 is 0 Å². The Morgan fingerprint density at radius 1 is 1.24 bits per heavy atom. The van der Waals surface area contributed by atoms with Gasteiger partial charge in [-0.05, 0) is 6.07 Å². The molecule has 0 atom stereocenters. The molecule has 0 saturated carbocycles. The van der Waals surface area contributed by atoms with Gasteiger partial charge in [0.2, 0.25) is 10.0 Å². The number of nitrogens with one attached hydrogen (secondary N) is 1. The van der Waals surface area contributed by atoms with Crippen molar-refractivity contribution in [3.8, 4) is 0 Å². The van der Waals surface area contributed by atoms with Crippen molar-refractivity contribution in [1.82, 2.24) is 8.87 Å². The van der Waals surface area contributed by atoms with Crippen molar-refractivity contribution in [3.63, 3.8) is 0 Å². The standard InChI is InChI=1S/C14H19N3O3S/c1-16(2)21(19,20)9-8-15-12-10-14(18)17(3)13-7-5-4-6-11(12)13/h4-7,10,15H,8-9H2,1-3H3. The summed E-state index contributed by atoms with van der Waals surface area (Å²) in [6, 6.07) is 9.00. The summed E-state index contributed by atoms with van der Waals surface area (Å²) in [6.45, 7) is 0.248. The van der Waals surface area contributed by atoms with E-state index in [-0.39, 0.29) is 17.9 Å². The predicted octanol–water partition coefficient (Wildman–Crippen LogP) is 0.842. The molecular weight excluding hydrogens is 290 g/mol. The van der Waals surface area contributed by atoms with Crippen LogP contribution in [-0.2, 0) is 17.1 Å². The Balaban J connectivity index is 2.28. The monoisotopic (exact) mass is 309 g/mol. The Kier molecular flexibility index (Phi) is 4.34. The van der Waals surface area contributed by atoms with E-state index in [0.717, 1.165) is 10.9 Å². The zero-order valence-corrected chi connectivity index (χ0v) is 13.1. The molecule has 0 amide bonds. The highest BCUT2D eigenvalue weighted by Crippen LogP contribution is 2.20. The molecule has 1 heterocycles. The molecule has 0 saturated heterocycles. The molecule has 6 nitrogen and oxygen atoms in total. The highest BCUT2D eigenvalue weighted by molar-refractivity contribution is 7.89. The third-order valence-corrected chi connectivity index (χ3v) is 5.22. The summed E-state index contributed by atoms with van der Waals surface area (Å²) in [7, 11) is 1.47. The lowest BCUT2D eigenvalue weighted by Crippen LogP contribution is -2.28. The lowest BCUT2D eigenvalue weighted by molar-refractivity contribution is 0.521. The van der Waals surface area contributed by atoms with Gasteiger partial charge in [-0.15, -0.1) is 0 Å². The van der Waals surface area contributed by atoms with Gasteiger partial charge in [0, 0.05) is 44.8 Å². The first-order valence-corrected chi connectivity index (χ1v) is 8.16. The van der Waals surface area contributed by atoms with Crippen LogP contribution in [0, 0.1) is 0 Å². The zero-order chi connectivity index (χ0) is 15.6. The topological polar surface area (TPSA) is 71.4 Å². The molecule has 0 aliphatic heterocycles. The van der Waals surface area contributed by atoms with Crippen LogP contribution < -0.4 is 10.9 Å². The van der Waals surface area contributed by atoms with Crippen LogP contribution in [0.1, 0.15) is 0 Å². The number of sulfonamides is 1. The number of rotatable bonds is 5. The minimum absolute atomic E-state index is 0.0243. The molecule has 0 bridgehead atoms. The van der Waals surface area contributed by atoms with Crippen LogP contribution in [0.4, 0.5) is 5.69 Å². The molecule has 21 heavy (non-hydrogen) atoms. The molecule has 0 spiro atoms. The Bertz CT molecular complexity index is 810. The van der Waals surface area contributed by atoms with Crippen LogP contribution in [0.5, 0.6) is 0 Å². The number of anilines is 1. The number of fused-ring (bicyclic) bond motifs is 1. The van der Waals surface area contributed by atoms with Gasteiger partial charge in [-0.25, -0.2) is 12.7 Å². The molecule has 1 aromatic heterocycles. The molecular formula is C14H19N3O3S. The molecule has 0 aliphatic rings.